The highest BCUT2D eigenvalue weighted by molar-refractivity contribution is 5.68. The van der Waals surface area contributed by atoms with Gasteiger partial charge in [0.2, 0.25) is 0 Å². The van der Waals surface area contributed by atoms with Crippen LogP contribution in [0.5, 0.6) is 5.75 Å². The third-order valence-electron chi connectivity index (χ3n) is 4.49. The van der Waals surface area contributed by atoms with E-state index in [4.69, 9.17) is 4.74 Å². The van der Waals surface area contributed by atoms with E-state index in [-0.39, 0.29) is 11.4 Å². The lowest BCUT2D eigenvalue weighted by molar-refractivity contribution is -0.140. The average Bonchev–Trinajstić information content (AvgIpc) is 2.59. The van der Waals surface area contributed by atoms with Gasteiger partial charge in [0.25, 0.3) is 0 Å². The van der Waals surface area contributed by atoms with E-state index in [1.807, 2.05) is 0 Å². The second kappa shape index (κ2) is 11.9. The minimum atomic E-state index is -0.0898. The number of unbranched alkanes of at least 4 members (excludes halogenated alkanes) is 7. The van der Waals surface area contributed by atoms with Gasteiger partial charge in [-0.1, -0.05) is 71.4 Å². The Labute approximate surface area is 154 Å². The normalized spacial score (nSPS) is 11.4. The Bertz CT molecular complexity index is 471. The van der Waals surface area contributed by atoms with Crippen LogP contribution in [0.25, 0.3) is 0 Å². The van der Waals surface area contributed by atoms with Crippen LogP contribution in [0, 0.1) is 0 Å². The van der Waals surface area contributed by atoms with Crippen molar-refractivity contribution in [3.8, 4) is 5.75 Å². The first-order valence-electron chi connectivity index (χ1n) is 9.73. The molecule has 1 aromatic carbocycles. The zero-order valence-corrected chi connectivity index (χ0v) is 16.6. The highest BCUT2D eigenvalue weighted by atomic mass is 16.5. The molecule has 0 atom stereocenters. The number of ether oxygens (including phenoxy) is 2. The fraction of sp³-hybridized carbons (Fsp3) is 0.682. The molecular weight excluding hydrogens is 312 g/mol. The number of rotatable bonds is 12. The van der Waals surface area contributed by atoms with E-state index in [0.717, 1.165) is 31.6 Å². The molecule has 1 aromatic rings. The molecule has 142 valence electrons. The molecule has 3 heteroatoms. The Morgan fingerprint density at radius 2 is 1.36 bits per heavy atom. The maximum atomic E-state index is 11.0. The third kappa shape index (κ3) is 10.2. The standard InChI is InChI=1S/C22H36O3/c1-22(2,3)19-14-16-20(17-15-19)25-18-12-10-8-6-5-7-9-11-13-21(23)24-4/h14-17H,5-13,18H2,1-4H3. The summed E-state index contributed by atoms with van der Waals surface area (Å²) >= 11 is 0. The van der Waals surface area contributed by atoms with Gasteiger partial charge in [-0.2, -0.15) is 0 Å². The summed E-state index contributed by atoms with van der Waals surface area (Å²) in [6, 6.07) is 8.48. The molecule has 0 saturated carbocycles. The van der Waals surface area contributed by atoms with Gasteiger partial charge in [0.1, 0.15) is 5.75 Å². The van der Waals surface area contributed by atoms with Crippen LogP contribution in [0.3, 0.4) is 0 Å². The Morgan fingerprint density at radius 1 is 0.840 bits per heavy atom. The molecule has 0 radical (unpaired) electrons. The smallest absolute Gasteiger partial charge is 0.305 e. The highest BCUT2D eigenvalue weighted by Crippen LogP contribution is 2.24. The van der Waals surface area contributed by atoms with Crippen molar-refractivity contribution in [1.82, 2.24) is 0 Å². The van der Waals surface area contributed by atoms with Crippen LogP contribution in [0.1, 0.15) is 84.1 Å². The van der Waals surface area contributed by atoms with Gasteiger partial charge in [-0.15, -0.1) is 0 Å². The predicted octanol–water partition coefficient (Wildman–Crippen LogP) is 6.05. The van der Waals surface area contributed by atoms with Crippen LogP contribution >= 0.6 is 0 Å². The molecule has 0 saturated heterocycles. The molecule has 0 aliphatic rings. The second-order valence-electron chi connectivity index (χ2n) is 7.78. The summed E-state index contributed by atoms with van der Waals surface area (Å²) in [5.74, 6) is 0.881. The Kier molecular flexibility index (Phi) is 10.3. The fourth-order valence-corrected chi connectivity index (χ4v) is 2.78. The molecule has 0 N–H and O–H groups in total. The highest BCUT2D eigenvalue weighted by Gasteiger charge is 2.12. The van der Waals surface area contributed by atoms with E-state index in [9.17, 15) is 4.79 Å². The van der Waals surface area contributed by atoms with Crippen molar-refractivity contribution < 1.29 is 14.3 Å². The van der Waals surface area contributed by atoms with Gasteiger partial charge in [-0.25, -0.2) is 0 Å². The Balaban J connectivity index is 1.96. The number of carbonyl (C=O) groups excluding carboxylic acids is 1. The van der Waals surface area contributed by atoms with Crippen LogP contribution in [0.2, 0.25) is 0 Å². The lowest BCUT2D eigenvalue weighted by Gasteiger charge is -2.19. The van der Waals surface area contributed by atoms with Crippen LogP contribution < -0.4 is 4.74 Å². The van der Waals surface area contributed by atoms with Crippen molar-refractivity contribution in [3.63, 3.8) is 0 Å². The number of carbonyl (C=O) groups is 1. The second-order valence-corrected chi connectivity index (χ2v) is 7.78. The predicted molar refractivity (Wildman–Crippen MR) is 104 cm³/mol. The summed E-state index contributed by atoms with van der Waals surface area (Å²) < 4.78 is 10.5. The topological polar surface area (TPSA) is 35.5 Å². The van der Waals surface area contributed by atoms with Crippen LogP contribution in [-0.2, 0) is 14.9 Å². The summed E-state index contributed by atoms with van der Waals surface area (Å²) in [4.78, 5) is 11.0. The monoisotopic (exact) mass is 348 g/mol. The van der Waals surface area contributed by atoms with Crippen LogP contribution in [0.15, 0.2) is 24.3 Å². The van der Waals surface area contributed by atoms with Crippen molar-refractivity contribution in [3.05, 3.63) is 29.8 Å². The lowest BCUT2D eigenvalue weighted by Crippen LogP contribution is -2.10. The van der Waals surface area contributed by atoms with Gasteiger partial charge in [0, 0.05) is 6.42 Å². The van der Waals surface area contributed by atoms with Crippen molar-refractivity contribution in [2.45, 2.75) is 84.0 Å². The minimum absolute atomic E-state index is 0.0898. The van der Waals surface area contributed by atoms with E-state index in [1.54, 1.807) is 0 Å². The number of hydrogen-bond donors (Lipinski definition) is 0. The van der Waals surface area contributed by atoms with Crippen LogP contribution in [-0.4, -0.2) is 19.7 Å². The van der Waals surface area contributed by atoms with E-state index in [2.05, 4.69) is 49.8 Å². The summed E-state index contributed by atoms with van der Waals surface area (Å²) in [7, 11) is 1.45. The first kappa shape index (κ1) is 21.5. The quantitative estimate of drug-likeness (QED) is 0.341. The van der Waals surface area contributed by atoms with Crippen molar-refractivity contribution >= 4 is 5.97 Å². The average molecular weight is 349 g/mol. The molecule has 25 heavy (non-hydrogen) atoms. The molecule has 0 aliphatic heterocycles. The number of esters is 1. The number of methoxy groups -OCH3 is 1. The van der Waals surface area contributed by atoms with E-state index < -0.39 is 0 Å². The molecule has 0 aliphatic carbocycles. The molecule has 0 bridgehead atoms. The van der Waals surface area contributed by atoms with Crippen LogP contribution in [0.4, 0.5) is 0 Å². The molecule has 0 heterocycles. The zero-order valence-electron chi connectivity index (χ0n) is 16.6. The third-order valence-corrected chi connectivity index (χ3v) is 4.49. The molecule has 3 nitrogen and oxygen atoms in total. The molecule has 0 aromatic heterocycles. The van der Waals surface area contributed by atoms with Gasteiger partial charge in [0.05, 0.1) is 13.7 Å². The molecule has 0 spiro atoms. The van der Waals surface area contributed by atoms with E-state index in [1.165, 1.54) is 44.8 Å². The minimum Gasteiger partial charge on any atom is -0.494 e. The number of hydrogen-bond acceptors (Lipinski definition) is 3. The van der Waals surface area contributed by atoms with Crippen molar-refractivity contribution in [2.75, 3.05) is 13.7 Å². The van der Waals surface area contributed by atoms with Crippen molar-refractivity contribution in [2.24, 2.45) is 0 Å². The van der Waals surface area contributed by atoms with Gasteiger partial charge < -0.3 is 9.47 Å². The van der Waals surface area contributed by atoms with Gasteiger partial charge >= 0.3 is 5.97 Å². The molecule has 0 unspecified atom stereocenters. The largest absolute Gasteiger partial charge is 0.494 e. The Hall–Kier alpha value is -1.51. The molecule has 1 rings (SSSR count). The summed E-state index contributed by atoms with van der Waals surface area (Å²) in [5.41, 5.74) is 1.53. The van der Waals surface area contributed by atoms with Gasteiger partial charge in [-0.05, 0) is 36.0 Å². The molecule has 0 amide bonds. The fourth-order valence-electron chi connectivity index (χ4n) is 2.78. The zero-order chi connectivity index (χ0) is 18.5. The first-order chi connectivity index (χ1) is 11.9. The Morgan fingerprint density at radius 3 is 1.88 bits per heavy atom. The van der Waals surface area contributed by atoms with Gasteiger partial charge in [-0.3, -0.25) is 4.79 Å². The number of benzene rings is 1. The van der Waals surface area contributed by atoms with E-state index >= 15 is 0 Å². The molecule has 0 fully saturated rings. The maximum Gasteiger partial charge on any atom is 0.305 e. The maximum absolute atomic E-state index is 11.0. The van der Waals surface area contributed by atoms with Crippen molar-refractivity contribution in [1.29, 1.82) is 0 Å². The summed E-state index contributed by atoms with van der Waals surface area (Å²) in [6.45, 7) is 7.47. The summed E-state index contributed by atoms with van der Waals surface area (Å²) in [5, 5.41) is 0. The van der Waals surface area contributed by atoms with Gasteiger partial charge in [0.15, 0.2) is 0 Å². The lowest BCUT2D eigenvalue weighted by atomic mass is 9.87. The molecular formula is C22H36O3. The first-order valence-corrected chi connectivity index (χ1v) is 9.73. The van der Waals surface area contributed by atoms with E-state index in [0.29, 0.717) is 6.42 Å². The summed E-state index contributed by atoms with van der Waals surface area (Å²) in [6.07, 6.45) is 10.00. The SMILES string of the molecule is COC(=O)CCCCCCCCCCOc1ccc(C(C)(C)C)cc1.